The summed E-state index contributed by atoms with van der Waals surface area (Å²) in [5.41, 5.74) is -0.303. The lowest BCUT2D eigenvalue weighted by molar-refractivity contribution is -0.147. The predicted octanol–water partition coefficient (Wildman–Crippen LogP) is 4.33. The third kappa shape index (κ3) is 2.84. The molecule has 128 valence electrons. The maximum atomic E-state index is 12.8. The van der Waals surface area contributed by atoms with E-state index in [-0.39, 0.29) is 33.7 Å². The normalized spacial score (nSPS) is 33.5. The number of esters is 1. The highest BCUT2D eigenvalue weighted by Gasteiger charge is 2.54. The summed E-state index contributed by atoms with van der Waals surface area (Å²) >= 11 is 11.7. The molecular weight excluding hydrogens is 349 g/mol. The van der Waals surface area contributed by atoms with E-state index in [4.69, 9.17) is 27.9 Å². The molecule has 4 nitrogen and oxygen atoms in total. The van der Waals surface area contributed by atoms with Crippen LogP contribution < -0.4 is 0 Å². The topological polar surface area (TPSA) is 56.3 Å². The number of Topliss-reactive ketones (excluding diaryl/α,β-unsaturated/α-hetero) is 1. The molecule has 5 rings (SSSR count). The van der Waals surface area contributed by atoms with Crippen LogP contribution in [0.5, 0.6) is 0 Å². The van der Waals surface area contributed by atoms with E-state index in [1.165, 1.54) is 31.4 Å². The Labute approximate surface area is 150 Å². The van der Waals surface area contributed by atoms with E-state index in [1.807, 2.05) is 0 Å². The summed E-state index contributed by atoms with van der Waals surface area (Å²) in [5.74, 6) is 1.41. The molecular formula is C18H19Cl2NO3. The molecule has 0 aliphatic heterocycles. The van der Waals surface area contributed by atoms with Crippen LogP contribution in [0.1, 0.15) is 49.0 Å². The SMILES string of the molecule is O=C(OCC(=O)C12CC3CC(CC(C3)C1)C2)c1nc(Cl)ccc1Cl. The van der Waals surface area contributed by atoms with E-state index >= 15 is 0 Å². The van der Waals surface area contributed by atoms with Gasteiger partial charge in [-0.2, -0.15) is 0 Å². The Kier molecular flexibility index (Phi) is 4.08. The third-order valence-corrected chi connectivity index (χ3v) is 6.48. The molecule has 4 fully saturated rings. The minimum Gasteiger partial charge on any atom is -0.453 e. The molecule has 0 saturated heterocycles. The van der Waals surface area contributed by atoms with Gasteiger partial charge in [0.15, 0.2) is 18.1 Å². The molecule has 0 N–H and O–H groups in total. The predicted molar refractivity (Wildman–Crippen MR) is 90.2 cm³/mol. The van der Waals surface area contributed by atoms with Crippen LogP contribution in [0.15, 0.2) is 12.1 Å². The van der Waals surface area contributed by atoms with E-state index in [0.717, 1.165) is 19.3 Å². The highest BCUT2D eigenvalue weighted by atomic mass is 35.5. The largest absolute Gasteiger partial charge is 0.453 e. The number of hydrogen-bond acceptors (Lipinski definition) is 4. The minimum atomic E-state index is -0.694. The van der Waals surface area contributed by atoms with E-state index in [9.17, 15) is 9.59 Å². The molecule has 0 aromatic carbocycles. The number of halogens is 2. The summed E-state index contributed by atoms with van der Waals surface area (Å²) in [6.07, 6.45) is 6.71. The zero-order chi connectivity index (χ0) is 16.9. The van der Waals surface area contributed by atoms with Gasteiger partial charge in [0.25, 0.3) is 0 Å². The van der Waals surface area contributed by atoms with E-state index < -0.39 is 5.97 Å². The van der Waals surface area contributed by atoms with Gasteiger partial charge < -0.3 is 4.74 Å². The lowest BCUT2D eigenvalue weighted by atomic mass is 9.48. The first-order chi connectivity index (χ1) is 11.4. The molecule has 0 unspecified atom stereocenters. The molecule has 1 heterocycles. The van der Waals surface area contributed by atoms with Crippen molar-refractivity contribution in [3.63, 3.8) is 0 Å². The molecule has 6 heteroatoms. The summed E-state index contributed by atoms with van der Waals surface area (Å²) in [6.45, 7) is -0.199. The first kappa shape index (κ1) is 16.3. The molecule has 0 radical (unpaired) electrons. The number of hydrogen-bond donors (Lipinski definition) is 0. The highest BCUT2D eigenvalue weighted by molar-refractivity contribution is 6.34. The number of carbonyl (C=O) groups excluding carboxylic acids is 2. The summed E-state index contributed by atoms with van der Waals surface area (Å²) in [5, 5.41) is 0.338. The van der Waals surface area contributed by atoms with Gasteiger partial charge in [0.2, 0.25) is 0 Å². The number of ketones is 1. The Morgan fingerprint density at radius 1 is 1.08 bits per heavy atom. The van der Waals surface area contributed by atoms with Crippen molar-refractivity contribution >= 4 is 35.0 Å². The van der Waals surface area contributed by atoms with Crippen LogP contribution in [0.4, 0.5) is 0 Å². The van der Waals surface area contributed by atoms with Crippen molar-refractivity contribution in [1.29, 1.82) is 0 Å². The fraction of sp³-hybridized carbons (Fsp3) is 0.611. The summed E-state index contributed by atoms with van der Waals surface area (Å²) in [4.78, 5) is 28.9. The van der Waals surface area contributed by atoms with Gasteiger partial charge in [-0.3, -0.25) is 4.79 Å². The Morgan fingerprint density at radius 3 is 2.25 bits per heavy atom. The Hall–Kier alpha value is -1.13. The first-order valence-corrected chi connectivity index (χ1v) is 9.23. The quantitative estimate of drug-likeness (QED) is 0.586. The molecule has 1 aromatic rings. The smallest absolute Gasteiger partial charge is 0.358 e. The van der Waals surface area contributed by atoms with Gasteiger partial charge in [0.1, 0.15) is 5.15 Å². The van der Waals surface area contributed by atoms with E-state index in [1.54, 1.807) is 0 Å². The maximum Gasteiger partial charge on any atom is 0.358 e. The standard InChI is InChI=1S/C18H19Cl2NO3/c19-13-1-2-15(20)21-16(13)17(23)24-9-14(22)18-6-10-3-11(7-18)5-12(4-10)8-18/h1-2,10-12H,3-9H2. The molecule has 0 amide bonds. The summed E-state index contributed by atoms with van der Waals surface area (Å²) < 4.78 is 5.22. The van der Waals surface area contributed by atoms with Crippen molar-refractivity contribution < 1.29 is 14.3 Å². The average molecular weight is 368 g/mol. The first-order valence-electron chi connectivity index (χ1n) is 8.48. The van der Waals surface area contributed by atoms with Crippen LogP contribution in [0, 0.1) is 23.2 Å². The Bertz CT molecular complexity index is 668. The zero-order valence-corrected chi connectivity index (χ0v) is 14.8. The van der Waals surface area contributed by atoms with E-state index in [0.29, 0.717) is 17.8 Å². The van der Waals surface area contributed by atoms with Crippen molar-refractivity contribution in [2.75, 3.05) is 6.61 Å². The van der Waals surface area contributed by atoms with Crippen LogP contribution in [0.25, 0.3) is 0 Å². The van der Waals surface area contributed by atoms with Crippen LogP contribution >= 0.6 is 23.2 Å². The fourth-order valence-corrected chi connectivity index (χ4v) is 5.70. The van der Waals surface area contributed by atoms with Crippen LogP contribution in [0.3, 0.4) is 0 Å². The van der Waals surface area contributed by atoms with Gasteiger partial charge in [-0.15, -0.1) is 0 Å². The van der Waals surface area contributed by atoms with Crippen LogP contribution in [0.2, 0.25) is 10.2 Å². The molecule has 4 saturated carbocycles. The second-order valence-corrected chi connectivity index (χ2v) is 8.46. The minimum absolute atomic E-state index is 0.0394. The van der Waals surface area contributed by atoms with Crippen molar-refractivity contribution in [3.8, 4) is 0 Å². The second-order valence-electron chi connectivity index (χ2n) is 7.66. The Balaban J connectivity index is 1.43. The Morgan fingerprint density at radius 2 is 1.67 bits per heavy atom. The van der Waals surface area contributed by atoms with Gasteiger partial charge in [0, 0.05) is 5.41 Å². The number of ether oxygens (including phenoxy) is 1. The fourth-order valence-electron chi connectivity index (χ4n) is 5.37. The van der Waals surface area contributed by atoms with Gasteiger partial charge in [-0.25, -0.2) is 9.78 Å². The molecule has 4 aliphatic rings. The molecule has 4 aliphatic carbocycles. The molecule has 1 aromatic heterocycles. The van der Waals surface area contributed by atoms with Crippen molar-refractivity contribution in [2.45, 2.75) is 38.5 Å². The van der Waals surface area contributed by atoms with Crippen molar-refractivity contribution in [1.82, 2.24) is 4.98 Å². The number of rotatable bonds is 4. The van der Waals surface area contributed by atoms with Crippen LogP contribution in [-0.4, -0.2) is 23.3 Å². The van der Waals surface area contributed by atoms with Crippen LogP contribution in [-0.2, 0) is 9.53 Å². The average Bonchev–Trinajstić information content (AvgIpc) is 2.53. The number of nitrogens with zero attached hydrogens (tertiary/aromatic N) is 1. The van der Waals surface area contributed by atoms with Crippen molar-refractivity contribution in [3.05, 3.63) is 28.0 Å². The summed E-state index contributed by atoms with van der Waals surface area (Å²) in [7, 11) is 0. The molecule has 4 bridgehead atoms. The van der Waals surface area contributed by atoms with Gasteiger partial charge in [0.05, 0.1) is 5.02 Å². The number of pyridine rings is 1. The highest BCUT2D eigenvalue weighted by Crippen LogP contribution is 2.60. The van der Waals surface area contributed by atoms with Gasteiger partial charge in [-0.1, -0.05) is 23.2 Å². The monoisotopic (exact) mass is 367 g/mol. The van der Waals surface area contributed by atoms with Crippen molar-refractivity contribution in [2.24, 2.45) is 23.2 Å². The zero-order valence-electron chi connectivity index (χ0n) is 13.3. The second kappa shape index (κ2) is 5.99. The maximum absolute atomic E-state index is 12.8. The van der Waals surface area contributed by atoms with E-state index in [2.05, 4.69) is 4.98 Å². The number of aromatic nitrogens is 1. The van der Waals surface area contributed by atoms with Gasteiger partial charge >= 0.3 is 5.97 Å². The lowest BCUT2D eigenvalue weighted by Crippen LogP contribution is -2.51. The molecule has 24 heavy (non-hydrogen) atoms. The lowest BCUT2D eigenvalue weighted by Gasteiger charge is -2.55. The van der Waals surface area contributed by atoms with Gasteiger partial charge in [-0.05, 0) is 68.4 Å². The third-order valence-electron chi connectivity index (χ3n) is 5.97. The number of carbonyl (C=O) groups is 2. The molecule has 0 atom stereocenters. The molecule has 0 spiro atoms. The summed E-state index contributed by atoms with van der Waals surface area (Å²) in [6, 6.07) is 3.00.